The van der Waals surface area contributed by atoms with Crippen LogP contribution in [0.25, 0.3) is 0 Å². The van der Waals surface area contributed by atoms with Gasteiger partial charge in [-0.15, -0.1) is 0 Å². The van der Waals surface area contributed by atoms with Gasteiger partial charge in [-0.1, -0.05) is 65.3 Å². The lowest BCUT2D eigenvalue weighted by molar-refractivity contribution is -0.114. The normalized spacial score (nSPS) is 15.0. The van der Waals surface area contributed by atoms with Gasteiger partial charge in [0, 0.05) is 32.7 Å². The summed E-state index contributed by atoms with van der Waals surface area (Å²) in [5, 5.41) is 20.8. The SMILES string of the molecule is CC1=C(C(=O)Nc2ccc(Cl)cc2)C(c2ccccc2)C(C#N)=C(SCC(=O)Nc2ccc(Cl)cc2)N1. The second kappa shape index (κ2) is 12.0. The first kappa shape index (κ1) is 26.4. The Hall–Kier alpha value is -3.70. The number of nitriles is 1. The van der Waals surface area contributed by atoms with E-state index in [2.05, 4.69) is 22.0 Å². The lowest BCUT2D eigenvalue weighted by atomic mass is 9.82. The zero-order valence-corrected chi connectivity index (χ0v) is 22.0. The molecule has 0 radical (unpaired) electrons. The second-order valence-electron chi connectivity index (χ2n) is 8.17. The Morgan fingerprint density at radius 1 is 0.919 bits per heavy atom. The Balaban J connectivity index is 1.60. The van der Waals surface area contributed by atoms with Gasteiger partial charge in [0.1, 0.15) is 0 Å². The first-order valence-electron chi connectivity index (χ1n) is 11.3. The van der Waals surface area contributed by atoms with Crippen LogP contribution in [0.2, 0.25) is 10.0 Å². The molecule has 0 bridgehead atoms. The number of benzene rings is 3. The number of nitrogens with one attached hydrogen (secondary N) is 3. The molecule has 0 aliphatic carbocycles. The summed E-state index contributed by atoms with van der Waals surface area (Å²) in [6.07, 6.45) is 0. The first-order valence-corrected chi connectivity index (χ1v) is 13.0. The van der Waals surface area contributed by atoms with Crippen molar-refractivity contribution >= 4 is 58.2 Å². The quantitative estimate of drug-likeness (QED) is 0.305. The minimum atomic E-state index is -0.610. The molecule has 186 valence electrons. The zero-order valence-electron chi connectivity index (χ0n) is 19.7. The molecule has 0 fully saturated rings. The number of allylic oxidation sites excluding steroid dienone is 2. The van der Waals surface area contributed by atoms with Crippen LogP contribution in [0, 0.1) is 11.3 Å². The molecule has 3 aromatic carbocycles. The maximum absolute atomic E-state index is 13.5. The highest BCUT2D eigenvalue weighted by Crippen LogP contribution is 2.41. The number of hydrogen-bond acceptors (Lipinski definition) is 5. The third kappa shape index (κ3) is 6.55. The van der Waals surface area contributed by atoms with Gasteiger partial charge in [-0.2, -0.15) is 5.26 Å². The summed E-state index contributed by atoms with van der Waals surface area (Å²) in [6.45, 7) is 1.79. The lowest BCUT2D eigenvalue weighted by Crippen LogP contribution is -2.31. The first-order chi connectivity index (χ1) is 17.9. The average molecular weight is 549 g/mol. The van der Waals surface area contributed by atoms with Gasteiger partial charge in [0.15, 0.2) is 0 Å². The maximum atomic E-state index is 13.5. The van der Waals surface area contributed by atoms with E-state index in [0.29, 0.717) is 43.3 Å². The lowest BCUT2D eigenvalue weighted by Gasteiger charge is -2.30. The van der Waals surface area contributed by atoms with Gasteiger partial charge in [0.2, 0.25) is 5.91 Å². The summed E-state index contributed by atoms with van der Waals surface area (Å²) in [5.74, 6) is -1.11. The molecule has 1 unspecified atom stereocenters. The number of anilines is 2. The van der Waals surface area contributed by atoms with E-state index in [-0.39, 0.29) is 17.6 Å². The molecule has 1 aliphatic heterocycles. The van der Waals surface area contributed by atoms with Gasteiger partial charge < -0.3 is 16.0 Å². The third-order valence-electron chi connectivity index (χ3n) is 5.60. The molecule has 0 aromatic heterocycles. The molecule has 3 aromatic rings. The molecule has 0 saturated carbocycles. The van der Waals surface area contributed by atoms with E-state index >= 15 is 0 Å². The molecule has 1 heterocycles. The van der Waals surface area contributed by atoms with E-state index in [0.717, 1.165) is 5.56 Å². The van der Waals surface area contributed by atoms with Gasteiger partial charge in [-0.3, -0.25) is 9.59 Å². The van der Waals surface area contributed by atoms with Gasteiger partial charge in [-0.05, 0) is 61.0 Å². The topological polar surface area (TPSA) is 94.0 Å². The van der Waals surface area contributed by atoms with Crippen LogP contribution >= 0.6 is 35.0 Å². The van der Waals surface area contributed by atoms with Crippen LogP contribution in [0.3, 0.4) is 0 Å². The predicted molar refractivity (Wildman–Crippen MR) is 150 cm³/mol. The third-order valence-corrected chi connectivity index (χ3v) is 7.12. The van der Waals surface area contributed by atoms with Crippen LogP contribution in [0.5, 0.6) is 0 Å². The highest BCUT2D eigenvalue weighted by Gasteiger charge is 2.34. The molecular weight excluding hydrogens is 527 g/mol. The zero-order chi connectivity index (χ0) is 26.4. The summed E-state index contributed by atoms with van der Waals surface area (Å²) in [5.41, 5.74) is 3.39. The van der Waals surface area contributed by atoms with Crippen LogP contribution in [0.4, 0.5) is 11.4 Å². The number of nitrogens with zero attached hydrogens (tertiary/aromatic N) is 1. The van der Waals surface area contributed by atoms with E-state index < -0.39 is 5.92 Å². The van der Waals surface area contributed by atoms with E-state index in [1.165, 1.54) is 11.8 Å². The summed E-state index contributed by atoms with van der Waals surface area (Å²) in [4.78, 5) is 26.0. The van der Waals surface area contributed by atoms with Gasteiger partial charge >= 0.3 is 0 Å². The number of hydrogen-bond donors (Lipinski definition) is 3. The van der Waals surface area contributed by atoms with Crippen LogP contribution in [0.15, 0.2) is 101 Å². The molecule has 1 atom stereocenters. The van der Waals surface area contributed by atoms with Crippen molar-refractivity contribution in [2.75, 3.05) is 16.4 Å². The molecule has 3 N–H and O–H groups in total. The number of thioether (sulfide) groups is 1. The van der Waals surface area contributed by atoms with Crippen LogP contribution < -0.4 is 16.0 Å². The maximum Gasteiger partial charge on any atom is 0.254 e. The van der Waals surface area contributed by atoms with Crippen molar-refractivity contribution in [2.45, 2.75) is 12.8 Å². The number of amides is 2. The highest BCUT2D eigenvalue weighted by molar-refractivity contribution is 8.03. The number of dihydropyridines is 1. The van der Waals surface area contributed by atoms with Crippen molar-refractivity contribution in [1.29, 1.82) is 5.26 Å². The molecule has 4 rings (SSSR count). The van der Waals surface area contributed by atoms with Crippen molar-refractivity contribution in [3.05, 3.63) is 116 Å². The Labute approximate surface area is 229 Å². The van der Waals surface area contributed by atoms with Crippen LogP contribution in [0.1, 0.15) is 18.4 Å². The van der Waals surface area contributed by atoms with E-state index in [1.54, 1.807) is 55.5 Å². The molecule has 2 amide bonds. The monoisotopic (exact) mass is 548 g/mol. The van der Waals surface area contributed by atoms with Crippen molar-refractivity contribution in [3.8, 4) is 6.07 Å². The number of carbonyl (C=O) groups excluding carboxylic acids is 2. The fourth-order valence-electron chi connectivity index (χ4n) is 3.91. The molecular formula is C28H22Cl2N4O2S. The predicted octanol–water partition coefficient (Wildman–Crippen LogP) is 6.70. The fraction of sp³-hybridized carbons (Fsp3) is 0.107. The molecule has 0 spiro atoms. The Bertz CT molecular complexity index is 1410. The molecule has 0 saturated heterocycles. The number of halogens is 2. The molecule has 1 aliphatic rings. The van der Waals surface area contributed by atoms with Gasteiger partial charge in [0.05, 0.1) is 28.3 Å². The summed E-state index contributed by atoms with van der Waals surface area (Å²) >= 11 is 13.1. The van der Waals surface area contributed by atoms with Gasteiger partial charge in [-0.25, -0.2) is 0 Å². The second-order valence-corrected chi connectivity index (χ2v) is 10.0. The molecule has 9 heteroatoms. The number of rotatable bonds is 7. The summed E-state index contributed by atoms with van der Waals surface area (Å²) < 4.78 is 0. The Morgan fingerprint density at radius 3 is 2.05 bits per heavy atom. The Kier molecular flexibility index (Phi) is 8.57. The van der Waals surface area contributed by atoms with E-state index in [9.17, 15) is 14.9 Å². The molecule has 6 nitrogen and oxygen atoms in total. The molecule has 37 heavy (non-hydrogen) atoms. The van der Waals surface area contributed by atoms with Crippen molar-refractivity contribution in [2.24, 2.45) is 0 Å². The smallest absolute Gasteiger partial charge is 0.254 e. The van der Waals surface area contributed by atoms with Gasteiger partial charge in [0.25, 0.3) is 5.91 Å². The minimum absolute atomic E-state index is 0.0667. The largest absolute Gasteiger partial charge is 0.353 e. The fourth-order valence-corrected chi connectivity index (χ4v) is 5.05. The van der Waals surface area contributed by atoms with E-state index in [4.69, 9.17) is 23.2 Å². The highest BCUT2D eigenvalue weighted by atomic mass is 35.5. The average Bonchev–Trinajstić information content (AvgIpc) is 2.90. The van der Waals surface area contributed by atoms with Crippen molar-refractivity contribution in [3.63, 3.8) is 0 Å². The van der Waals surface area contributed by atoms with Crippen LogP contribution in [-0.4, -0.2) is 17.6 Å². The van der Waals surface area contributed by atoms with Crippen molar-refractivity contribution < 1.29 is 9.59 Å². The standard InChI is InChI=1S/C28H22Cl2N4O2S/c1-17-25(27(36)34-22-13-9-20(30)10-14-22)26(18-5-3-2-4-6-18)23(15-31)28(32-17)37-16-24(35)33-21-11-7-19(29)8-12-21/h2-14,26,32H,16H2,1H3,(H,33,35)(H,34,36). The summed E-state index contributed by atoms with van der Waals surface area (Å²) in [7, 11) is 0. The number of carbonyl (C=O) groups is 2. The van der Waals surface area contributed by atoms with Crippen molar-refractivity contribution in [1.82, 2.24) is 5.32 Å². The Morgan fingerprint density at radius 2 is 1.49 bits per heavy atom. The summed E-state index contributed by atoms with van der Waals surface area (Å²) in [6, 6.07) is 25.3. The van der Waals surface area contributed by atoms with E-state index in [1.807, 2.05) is 30.3 Å². The minimum Gasteiger partial charge on any atom is -0.353 e. The van der Waals surface area contributed by atoms with Crippen LogP contribution in [-0.2, 0) is 9.59 Å².